The molecular formula is C20H21N5. The fourth-order valence-electron chi connectivity index (χ4n) is 3.00. The van der Waals surface area contributed by atoms with Crippen LogP contribution in [-0.4, -0.2) is 9.55 Å². The average molecular weight is 331 g/mol. The SMILES string of the molecule is CCC(C#N)c1nc(-c2ccccc2)n(C(C)C#N)c1C(C#N)CC. The molecule has 0 bridgehead atoms. The Kier molecular flexibility index (Phi) is 5.93. The third kappa shape index (κ3) is 3.39. The Bertz CT molecular complexity index is 845. The second-order valence-electron chi connectivity index (χ2n) is 5.93. The van der Waals surface area contributed by atoms with E-state index in [1.165, 1.54) is 0 Å². The van der Waals surface area contributed by atoms with Crippen LogP contribution in [0.15, 0.2) is 30.3 Å². The van der Waals surface area contributed by atoms with Crippen molar-refractivity contribution in [2.24, 2.45) is 0 Å². The van der Waals surface area contributed by atoms with Crippen LogP contribution in [0.5, 0.6) is 0 Å². The van der Waals surface area contributed by atoms with Crippen molar-refractivity contribution < 1.29 is 0 Å². The molecular weight excluding hydrogens is 310 g/mol. The lowest BCUT2D eigenvalue weighted by molar-refractivity contribution is 0.609. The molecule has 1 aromatic carbocycles. The van der Waals surface area contributed by atoms with Crippen LogP contribution in [0.4, 0.5) is 0 Å². The molecule has 2 rings (SSSR count). The number of hydrogen-bond acceptors (Lipinski definition) is 4. The molecule has 0 spiro atoms. The monoisotopic (exact) mass is 331 g/mol. The van der Waals surface area contributed by atoms with Crippen LogP contribution < -0.4 is 0 Å². The molecule has 0 radical (unpaired) electrons. The van der Waals surface area contributed by atoms with Gasteiger partial charge >= 0.3 is 0 Å². The molecule has 0 aliphatic rings. The van der Waals surface area contributed by atoms with Crippen molar-refractivity contribution >= 4 is 0 Å². The minimum Gasteiger partial charge on any atom is -0.310 e. The van der Waals surface area contributed by atoms with Crippen LogP contribution in [0.1, 0.15) is 62.9 Å². The second-order valence-corrected chi connectivity index (χ2v) is 5.93. The normalized spacial score (nSPS) is 13.9. The summed E-state index contributed by atoms with van der Waals surface area (Å²) in [7, 11) is 0. The van der Waals surface area contributed by atoms with E-state index in [9.17, 15) is 15.8 Å². The first-order valence-corrected chi connectivity index (χ1v) is 8.49. The van der Waals surface area contributed by atoms with Gasteiger partial charge in [0.2, 0.25) is 0 Å². The molecule has 0 N–H and O–H groups in total. The highest BCUT2D eigenvalue weighted by Crippen LogP contribution is 2.36. The highest BCUT2D eigenvalue weighted by molar-refractivity contribution is 5.58. The zero-order chi connectivity index (χ0) is 18.4. The third-order valence-corrected chi connectivity index (χ3v) is 4.37. The quantitative estimate of drug-likeness (QED) is 0.769. The topological polar surface area (TPSA) is 89.2 Å². The summed E-state index contributed by atoms with van der Waals surface area (Å²) in [5, 5.41) is 28.7. The fourth-order valence-corrected chi connectivity index (χ4v) is 3.00. The van der Waals surface area contributed by atoms with E-state index in [2.05, 4.69) is 18.2 Å². The smallest absolute Gasteiger partial charge is 0.141 e. The van der Waals surface area contributed by atoms with Crippen molar-refractivity contribution in [1.82, 2.24) is 9.55 Å². The Hall–Kier alpha value is -3.10. The zero-order valence-electron chi connectivity index (χ0n) is 14.8. The van der Waals surface area contributed by atoms with Crippen molar-refractivity contribution in [1.29, 1.82) is 15.8 Å². The van der Waals surface area contributed by atoms with Crippen LogP contribution in [0.2, 0.25) is 0 Å². The largest absolute Gasteiger partial charge is 0.310 e. The molecule has 0 aliphatic carbocycles. The van der Waals surface area contributed by atoms with Crippen molar-refractivity contribution in [3.8, 4) is 29.6 Å². The average Bonchev–Trinajstić information content (AvgIpc) is 3.04. The molecule has 3 atom stereocenters. The number of imidazole rings is 1. The van der Waals surface area contributed by atoms with Gasteiger partial charge in [0, 0.05) is 5.56 Å². The molecule has 5 heteroatoms. The number of hydrogen-bond donors (Lipinski definition) is 0. The van der Waals surface area contributed by atoms with E-state index in [0.717, 1.165) is 5.56 Å². The second kappa shape index (κ2) is 8.13. The van der Waals surface area contributed by atoms with Crippen molar-refractivity contribution in [3.63, 3.8) is 0 Å². The third-order valence-electron chi connectivity index (χ3n) is 4.37. The first-order chi connectivity index (χ1) is 12.1. The lowest BCUT2D eigenvalue weighted by Crippen LogP contribution is -2.13. The lowest BCUT2D eigenvalue weighted by atomic mass is 9.94. The van der Waals surface area contributed by atoms with E-state index >= 15 is 0 Å². The van der Waals surface area contributed by atoms with E-state index in [1.54, 1.807) is 6.92 Å². The number of nitrogens with zero attached hydrogens (tertiary/aromatic N) is 5. The summed E-state index contributed by atoms with van der Waals surface area (Å²) in [6.45, 7) is 5.65. The Balaban J connectivity index is 2.86. The highest BCUT2D eigenvalue weighted by Gasteiger charge is 2.30. The van der Waals surface area contributed by atoms with Crippen molar-refractivity contribution in [2.75, 3.05) is 0 Å². The predicted molar refractivity (Wildman–Crippen MR) is 95.3 cm³/mol. The van der Waals surface area contributed by atoms with Crippen molar-refractivity contribution in [3.05, 3.63) is 41.7 Å². The fraction of sp³-hybridized carbons (Fsp3) is 0.400. The summed E-state index contributed by atoms with van der Waals surface area (Å²) in [5.41, 5.74) is 2.20. The Morgan fingerprint density at radius 1 is 0.960 bits per heavy atom. The molecule has 0 saturated carbocycles. The van der Waals surface area contributed by atoms with E-state index < -0.39 is 17.9 Å². The zero-order valence-corrected chi connectivity index (χ0v) is 14.8. The molecule has 5 nitrogen and oxygen atoms in total. The number of benzene rings is 1. The molecule has 3 unspecified atom stereocenters. The Morgan fingerprint density at radius 3 is 2.04 bits per heavy atom. The van der Waals surface area contributed by atoms with Crippen LogP contribution in [-0.2, 0) is 0 Å². The summed E-state index contributed by atoms with van der Waals surface area (Å²) >= 11 is 0. The maximum Gasteiger partial charge on any atom is 0.141 e. The molecule has 2 aromatic rings. The lowest BCUT2D eigenvalue weighted by Gasteiger charge is -2.18. The molecule has 0 fully saturated rings. The van der Waals surface area contributed by atoms with Gasteiger partial charge in [-0.2, -0.15) is 15.8 Å². The van der Waals surface area contributed by atoms with Gasteiger partial charge < -0.3 is 4.57 Å². The van der Waals surface area contributed by atoms with Gasteiger partial charge in [-0.25, -0.2) is 4.98 Å². The molecule has 1 heterocycles. The van der Waals surface area contributed by atoms with Gasteiger partial charge in [-0.05, 0) is 19.8 Å². The van der Waals surface area contributed by atoms with E-state index in [4.69, 9.17) is 4.98 Å². The number of nitriles is 3. The van der Waals surface area contributed by atoms with Crippen LogP contribution in [0, 0.1) is 34.0 Å². The van der Waals surface area contributed by atoms with Gasteiger partial charge in [0.05, 0.1) is 41.4 Å². The molecule has 1 aromatic heterocycles. The highest BCUT2D eigenvalue weighted by atomic mass is 15.1. The number of aromatic nitrogens is 2. The molecule has 0 aliphatic heterocycles. The van der Waals surface area contributed by atoms with E-state index in [-0.39, 0.29) is 0 Å². The minimum absolute atomic E-state index is 0.396. The maximum atomic E-state index is 9.63. The Morgan fingerprint density at radius 2 is 1.56 bits per heavy atom. The first kappa shape index (κ1) is 18.2. The maximum absolute atomic E-state index is 9.63. The van der Waals surface area contributed by atoms with Gasteiger partial charge in [-0.1, -0.05) is 44.2 Å². The van der Waals surface area contributed by atoms with Gasteiger partial charge in [0.25, 0.3) is 0 Å². The first-order valence-electron chi connectivity index (χ1n) is 8.49. The van der Waals surface area contributed by atoms with E-state index in [0.29, 0.717) is 30.1 Å². The number of rotatable bonds is 6. The van der Waals surface area contributed by atoms with Crippen LogP contribution in [0.3, 0.4) is 0 Å². The minimum atomic E-state index is -0.481. The van der Waals surface area contributed by atoms with Crippen molar-refractivity contribution in [2.45, 2.75) is 51.5 Å². The molecule has 0 saturated heterocycles. The summed E-state index contributed by atoms with van der Waals surface area (Å²) in [5.74, 6) is -0.160. The summed E-state index contributed by atoms with van der Waals surface area (Å²) in [6, 6.07) is 16.0. The summed E-state index contributed by atoms with van der Waals surface area (Å²) < 4.78 is 1.84. The molecule has 25 heavy (non-hydrogen) atoms. The summed E-state index contributed by atoms with van der Waals surface area (Å²) in [4.78, 5) is 4.75. The molecule has 0 amide bonds. The van der Waals surface area contributed by atoms with Crippen LogP contribution in [0.25, 0.3) is 11.4 Å². The van der Waals surface area contributed by atoms with Gasteiger partial charge in [0.15, 0.2) is 0 Å². The predicted octanol–water partition coefficient (Wildman–Crippen LogP) is 4.67. The Labute approximate surface area is 148 Å². The van der Waals surface area contributed by atoms with Gasteiger partial charge in [-0.3, -0.25) is 0 Å². The standard InChI is InChI=1S/C20H21N5/c1-4-15(12-22)18-19(16(5-2)13-23)25(14(3)11-21)20(24-18)17-9-7-6-8-10-17/h6-10,14-16H,4-5H2,1-3H3. The van der Waals surface area contributed by atoms with Gasteiger partial charge in [0.1, 0.15) is 11.9 Å². The van der Waals surface area contributed by atoms with Gasteiger partial charge in [-0.15, -0.1) is 0 Å². The van der Waals surface area contributed by atoms with E-state index in [1.807, 2.05) is 48.7 Å². The molecule has 126 valence electrons. The van der Waals surface area contributed by atoms with Crippen LogP contribution >= 0.6 is 0 Å². The summed E-state index contributed by atoms with van der Waals surface area (Å²) in [6.07, 6.45) is 1.21.